The predicted molar refractivity (Wildman–Crippen MR) is 81.3 cm³/mol. The Morgan fingerprint density at radius 1 is 1.25 bits per heavy atom. The molecule has 2 rings (SSSR count). The maximum Gasteiger partial charge on any atom is 0.317 e. The quantitative estimate of drug-likeness (QED) is 0.887. The summed E-state index contributed by atoms with van der Waals surface area (Å²) >= 11 is 0. The molecule has 0 bridgehead atoms. The number of benzene rings is 1. The maximum atomic E-state index is 12.3. The summed E-state index contributed by atoms with van der Waals surface area (Å²) in [5.74, 6) is 0. The number of nitrogens with two attached hydrogens (primary N) is 1. The van der Waals surface area contributed by atoms with Crippen molar-refractivity contribution in [3.8, 4) is 0 Å². The van der Waals surface area contributed by atoms with Crippen LogP contribution in [-0.2, 0) is 6.54 Å². The molecule has 0 atom stereocenters. The summed E-state index contributed by atoms with van der Waals surface area (Å²) in [6.07, 6.45) is 5.60. The van der Waals surface area contributed by atoms with E-state index in [1.807, 2.05) is 42.3 Å². The topological polar surface area (TPSA) is 58.4 Å². The number of likely N-dealkylation sites (N-methyl/N-ethyl adjacent to an activating group) is 1. The van der Waals surface area contributed by atoms with Crippen LogP contribution in [0.4, 0.5) is 4.79 Å². The van der Waals surface area contributed by atoms with Crippen molar-refractivity contribution in [3.05, 3.63) is 35.9 Å². The molecule has 3 N–H and O–H groups in total. The van der Waals surface area contributed by atoms with E-state index >= 15 is 0 Å². The molecule has 0 unspecified atom stereocenters. The van der Waals surface area contributed by atoms with Crippen molar-refractivity contribution in [2.45, 2.75) is 44.2 Å². The van der Waals surface area contributed by atoms with Crippen molar-refractivity contribution >= 4 is 6.03 Å². The lowest BCUT2D eigenvalue weighted by Crippen LogP contribution is -2.57. The second-order valence-corrected chi connectivity index (χ2v) is 5.69. The SMILES string of the molecule is CN(C(=O)NCc1ccccc1)C1(CN)CCCCC1. The molecule has 1 saturated carbocycles. The Bertz CT molecular complexity index is 427. The van der Waals surface area contributed by atoms with E-state index in [-0.39, 0.29) is 11.6 Å². The largest absolute Gasteiger partial charge is 0.334 e. The van der Waals surface area contributed by atoms with Crippen LogP contribution in [0.3, 0.4) is 0 Å². The van der Waals surface area contributed by atoms with Gasteiger partial charge >= 0.3 is 6.03 Å². The predicted octanol–water partition coefficient (Wildman–Crippen LogP) is 2.49. The van der Waals surface area contributed by atoms with Crippen LogP contribution in [0.1, 0.15) is 37.7 Å². The van der Waals surface area contributed by atoms with E-state index in [2.05, 4.69) is 5.32 Å². The van der Waals surface area contributed by atoms with Gasteiger partial charge in [-0.2, -0.15) is 0 Å². The molecule has 20 heavy (non-hydrogen) atoms. The Balaban J connectivity index is 1.93. The zero-order valence-corrected chi connectivity index (χ0v) is 12.3. The molecule has 0 aliphatic heterocycles. The first-order chi connectivity index (χ1) is 9.68. The highest BCUT2D eigenvalue weighted by molar-refractivity contribution is 5.74. The number of carbonyl (C=O) groups excluding carboxylic acids is 1. The summed E-state index contributed by atoms with van der Waals surface area (Å²) in [6, 6.07) is 9.94. The number of nitrogens with zero attached hydrogens (tertiary/aromatic N) is 1. The van der Waals surface area contributed by atoms with Gasteiger partial charge in [-0.3, -0.25) is 0 Å². The van der Waals surface area contributed by atoms with E-state index in [1.54, 1.807) is 0 Å². The first-order valence-electron chi connectivity index (χ1n) is 7.44. The lowest BCUT2D eigenvalue weighted by molar-refractivity contribution is 0.104. The van der Waals surface area contributed by atoms with Crippen LogP contribution < -0.4 is 11.1 Å². The molecule has 1 aliphatic carbocycles. The Kier molecular flexibility index (Phi) is 5.01. The number of hydrogen-bond acceptors (Lipinski definition) is 2. The molecule has 4 nitrogen and oxygen atoms in total. The van der Waals surface area contributed by atoms with Gasteiger partial charge < -0.3 is 16.0 Å². The number of rotatable bonds is 4. The third-order valence-corrected chi connectivity index (χ3v) is 4.47. The minimum absolute atomic E-state index is 0.0267. The van der Waals surface area contributed by atoms with Gasteiger partial charge in [0.25, 0.3) is 0 Å². The monoisotopic (exact) mass is 275 g/mol. The summed E-state index contributed by atoms with van der Waals surface area (Å²) in [6.45, 7) is 1.10. The van der Waals surface area contributed by atoms with E-state index in [9.17, 15) is 4.79 Å². The van der Waals surface area contributed by atoms with Gasteiger partial charge in [0.1, 0.15) is 0 Å². The highest BCUT2D eigenvalue weighted by Crippen LogP contribution is 2.32. The van der Waals surface area contributed by atoms with Crippen LogP contribution in [0.2, 0.25) is 0 Å². The Labute approximate surface area is 121 Å². The molecule has 0 radical (unpaired) electrons. The Morgan fingerprint density at radius 3 is 2.50 bits per heavy atom. The first-order valence-corrected chi connectivity index (χ1v) is 7.44. The zero-order chi connectivity index (χ0) is 14.4. The van der Waals surface area contributed by atoms with E-state index in [4.69, 9.17) is 5.73 Å². The normalized spacial score (nSPS) is 17.5. The van der Waals surface area contributed by atoms with Gasteiger partial charge in [-0.1, -0.05) is 49.6 Å². The van der Waals surface area contributed by atoms with Gasteiger partial charge in [0.15, 0.2) is 0 Å². The molecule has 110 valence electrons. The van der Waals surface area contributed by atoms with Crippen LogP contribution in [0.15, 0.2) is 30.3 Å². The number of urea groups is 1. The molecular formula is C16H25N3O. The summed E-state index contributed by atoms with van der Waals surface area (Å²) < 4.78 is 0. The van der Waals surface area contributed by atoms with E-state index in [1.165, 1.54) is 6.42 Å². The van der Waals surface area contributed by atoms with Crippen LogP contribution in [0.5, 0.6) is 0 Å². The standard InChI is InChI=1S/C16H25N3O/c1-19(16(13-17)10-6-3-7-11-16)15(20)18-12-14-8-4-2-5-9-14/h2,4-5,8-9H,3,6-7,10-13,17H2,1H3,(H,18,20). The fraction of sp³-hybridized carbons (Fsp3) is 0.562. The number of amides is 2. The van der Waals surface area contributed by atoms with Gasteiger partial charge in [-0.05, 0) is 18.4 Å². The molecule has 4 heteroatoms. The number of hydrogen-bond donors (Lipinski definition) is 2. The van der Waals surface area contributed by atoms with E-state index in [0.29, 0.717) is 13.1 Å². The average Bonchev–Trinajstić information content (AvgIpc) is 2.53. The number of carbonyl (C=O) groups is 1. The molecule has 1 aromatic rings. The molecular weight excluding hydrogens is 250 g/mol. The summed E-state index contributed by atoms with van der Waals surface area (Å²) in [4.78, 5) is 14.2. The molecule has 0 saturated heterocycles. The Hall–Kier alpha value is -1.55. The van der Waals surface area contributed by atoms with Crippen molar-refractivity contribution in [1.82, 2.24) is 10.2 Å². The molecule has 1 fully saturated rings. The summed E-state index contributed by atoms with van der Waals surface area (Å²) in [7, 11) is 1.87. The summed E-state index contributed by atoms with van der Waals surface area (Å²) in [5.41, 5.74) is 6.92. The fourth-order valence-electron chi connectivity index (χ4n) is 2.99. The number of nitrogens with one attached hydrogen (secondary N) is 1. The lowest BCUT2D eigenvalue weighted by atomic mass is 9.80. The van der Waals surface area contributed by atoms with E-state index in [0.717, 1.165) is 31.2 Å². The van der Waals surface area contributed by atoms with Crippen LogP contribution >= 0.6 is 0 Å². The van der Waals surface area contributed by atoms with Gasteiger partial charge in [-0.25, -0.2) is 4.79 Å². The molecule has 1 aliphatic rings. The lowest BCUT2D eigenvalue weighted by Gasteiger charge is -2.43. The van der Waals surface area contributed by atoms with Crippen LogP contribution in [-0.4, -0.2) is 30.1 Å². The van der Waals surface area contributed by atoms with Crippen molar-refractivity contribution in [2.75, 3.05) is 13.6 Å². The highest BCUT2D eigenvalue weighted by atomic mass is 16.2. The molecule has 0 spiro atoms. The third kappa shape index (κ3) is 3.31. The minimum atomic E-state index is -0.154. The van der Waals surface area contributed by atoms with Gasteiger partial charge in [0.05, 0.1) is 5.54 Å². The van der Waals surface area contributed by atoms with Crippen LogP contribution in [0, 0.1) is 0 Å². The van der Waals surface area contributed by atoms with Crippen LogP contribution in [0.25, 0.3) is 0 Å². The van der Waals surface area contributed by atoms with Crippen molar-refractivity contribution < 1.29 is 4.79 Å². The second-order valence-electron chi connectivity index (χ2n) is 5.69. The maximum absolute atomic E-state index is 12.3. The second kappa shape index (κ2) is 6.75. The molecule has 2 amide bonds. The van der Waals surface area contributed by atoms with Gasteiger partial charge in [0.2, 0.25) is 0 Å². The first kappa shape index (κ1) is 14.9. The third-order valence-electron chi connectivity index (χ3n) is 4.47. The Morgan fingerprint density at radius 2 is 1.90 bits per heavy atom. The molecule has 0 heterocycles. The zero-order valence-electron chi connectivity index (χ0n) is 12.3. The highest BCUT2D eigenvalue weighted by Gasteiger charge is 2.37. The van der Waals surface area contributed by atoms with Crippen molar-refractivity contribution in [2.24, 2.45) is 5.73 Å². The fourth-order valence-corrected chi connectivity index (χ4v) is 2.99. The van der Waals surface area contributed by atoms with Crippen molar-refractivity contribution in [3.63, 3.8) is 0 Å². The van der Waals surface area contributed by atoms with Crippen molar-refractivity contribution in [1.29, 1.82) is 0 Å². The average molecular weight is 275 g/mol. The van der Waals surface area contributed by atoms with Gasteiger partial charge in [-0.15, -0.1) is 0 Å². The summed E-state index contributed by atoms with van der Waals surface area (Å²) in [5, 5.41) is 2.99. The van der Waals surface area contributed by atoms with Gasteiger partial charge in [0, 0.05) is 20.1 Å². The molecule has 1 aromatic carbocycles. The smallest absolute Gasteiger partial charge is 0.317 e. The molecule has 0 aromatic heterocycles. The minimum Gasteiger partial charge on any atom is -0.334 e. The van der Waals surface area contributed by atoms with E-state index < -0.39 is 0 Å².